The largest absolute Gasteiger partial charge is 0.495 e. The molecule has 1 saturated heterocycles. The van der Waals surface area contributed by atoms with Crippen LogP contribution in [0.2, 0.25) is 0 Å². The molecule has 1 heterocycles. The molecule has 1 aromatic carbocycles. The van der Waals surface area contributed by atoms with Gasteiger partial charge >= 0.3 is 5.97 Å². The molecule has 128 valence electrons. The predicted octanol–water partition coefficient (Wildman–Crippen LogP) is 3.82. The van der Waals surface area contributed by atoms with Crippen LogP contribution >= 0.6 is 43.6 Å². The number of benzene rings is 1. The van der Waals surface area contributed by atoms with Gasteiger partial charge in [0.25, 0.3) is 11.1 Å². The number of ether oxygens (including phenoxy) is 2. The summed E-state index contributed by atoms with van der Waals surface area (Å²) in [6, 6.07) is 3.57. The number of rotatable bonds is 5. The molecule has 9 heteroatoms. The van der Waals surface area contributed by atoms with E-state index in [-0.39, 0.29) is 11.5 Å². The van der Waals surface area contributed by atoms with E-state index in [2.05, 4.69) is 31.9 Å². The Balaban J connectivity index is 2.31. The number of imide groups is 1. The second-order valence-corrected chi connectivity index (χ2v) is 7.35. The molecule has 0 atom stereocenters. The van der Waals surface area contributed by atoms with Gasteiger partial charge in [0.2, 0.25) is 0 Å². The Labute approximate surface area is 159 Å². The van der Waals surface area contributed by atoms with Crippen molar-refractivity contribution in [1.82, 2.24) is 4.90 Å². The molecule has 0 aromatic heterocycles. The van der Waals surface area contributed by atoms with Crippen LogP contribution < -0.4 is 4.74 Å². The molecular formula is C15H13Br2NO5S. The zero-order valence-electron chi connectivity index (χ0n) is 12.8. The quantitative estimate of drug-likeness (QED) is 0.473. The number of nitrogens with zero attached hydrogens (tertiary/aromatic N) is 1. The van der Waals surface area contributed by atoms with Crippen molar-refractivity contribution in [3.8, 4) is 5.75 Å². The topological polar surface area (TPSA) is 72.9 Å². The zero-order valence-corrected chi connectivity index (χ0v) is 16.8. The smallest absolute Gasteiger partial charge is 0.326 e. The summed E-state index contributed by atoms with van der Waals surface area (Å²) < 4.78 is 11.6. The predicted molar refractivity (Wildman–Crippen MR) is 97.7 cm³/mol. The maximum Gasteiger partial charge on any atom is 0.326 e. The molecule has 6 nitrogen and oxygen atoms in total. The van der Waals surface area contributed by atoms with Crippen LogP contribution in [-0.2, 0) is 14.3 Å². The molecule has 1 fully saturated rings. The lowest BCUT2D eigenvalue weighted by atomic mass is 10.2. The molecule has 0 aliphatic carbocycles. The first-order chi connectivity index (χ1) is 11.4. The van der Waals surface area contributed by atoms with Crippen molar-refractivity contribution < 1.29 is 23.9 Å². The van der Waals surface area contributed by atoms with Crippen LogP contribution in [0.3, 0.4) is 0 Å². The highest BCUT2D eigenvalue weighted by Gasteiger charge is 2.36. The highest BCUT2D eigenvalue weighted by atomic mass is 79.9. The third-order valence-electron chi connectivity index (χ3n) is 2.99. The standard InChI is InChI=1S/C15H13Br2NO5S/c1-3-23-12(19)7-18-14(20)11(24-15(18)21)5-8-4-9(16)6-10(17)13(8)22-2/h4-6H,3,7H2,1-2H3/b11-5+. The van der Waals surface area contributed by atoms with E-state index in [1.807, 2.05) is 6.07 Å². The van der Waals surface area contributed by atoms with Crippen LogP contribution in [0.25, 0.3) is 6.08 Å². The monoisotopic (exact) mass is 477 g/mol. The molecular weight excluding hydrogens is 466 g/mol. The maximum atomic E-state index is 12.4. The van der Waals surface area contributed by atoms with Crippen molar-refractivity contribution in [2.24, 2.45) is 0 Å². The summed E-state index contributed by atoms with van der Waals surface area (Å²) >= 11 is 7.52. The Kier molecular flexibility index (Phi) is 6.47. The molecule has 0 bridgehead atoms. The van der Waals surface area contributed by atoms with Crippen molar-refractivity contribution in [3.05, 3.63) is 31.5 Å². The van der Waals surface area contributed by atoms with Gasteiger partial charge in [-0.3, -0.25) is 19.3 Å². The second-order valence-electron chi connectivity index (χ2n) is 4.58. The van der Waals surface area contributed by atoms with E-state index in [1.54, 1.807) is 19.1 Å². The average Bonchev–Trinajstić information content (AvgIpc) is 2.75. The van der Waals surface area contributed by atoms with E-state index in [0.29, 0.717) is 15.8 Å². The summed E-state index contributed by atoms with van der Waals surface area (Å²) in [5, 5.41) is -0.507. The summed E-state index contributed by atoms with van der Waals surface area (Å²) in [7, 11) is 1.51. The lowest BCUT2D eigenvalue weighted by molar-refractivity contribution is -0.145. The molecule has 1 aliphatic rings. The molecule has 0 saturated carbocycles. The van der Waals surface area contributed by atoms with Gasteiger partial charge in [0.15, 0.2) is 0 Å². The first-order valence-corrected chi connectivity index (χ1v) is 9.21. The number of amides is 2. The first kappa shape index (κ1) is 19.0. The van der Waals surface area contributed by atoms with Gasteiger partial charge in [-0.2, -0.15) is 0 Å². The Morgan fingerprint density at radius 1 is 1.33 bits per heavy atom. The van der Waals surface area contributed by atoms with Crippen molar-refractivity contribution in [1.29, 1.82) is 0 Å². The van der Waals surface area contributed by atoms with E-state index in [0.717, 1.165) is 21.1 Å². The fourth-order valence-corrected chi connectivity index (χ4v) is 4.27. The van der Waals surface area contributed by atoms with Crippen LogP contribution in [0, 0.1) is 0 Å². The fraction of sp³-hybridized carbons (Fsp3) is 0.267. The number of halogens is 2. The van der Waals surface area contributed by atoms with Gasteiger partial charge in [0.05, 0.1) is 23.1 Å². The normalized spacial score (nSPS) is 16.0. The van der Waals surface area contributed by atoms with Crippen molar-refractivity contribution >= 4 is 66.8 Å². The molecule has 2 amide bonds. The number of hydrogen-bond donors (Lipinski definition) is 0. The molecule has 0 spiro atoms. The van der Waals surface area contributed by atoms with Gasteiger partial charge < -0.3 is 9.47 Å². The van der Waals surface area contributed by atoms with Crippen LogP contribution in [0.1, 0.15) is 12.5 Å². The summed E-state index contributed by atoms with van der Waals surface area (Å²) in [5.74, 6) is -0.615. The number of carbonyl (C=O) groups is 3. The number of thioether (sulfide) groups is 1. The van der Waals surface area contributed by atoms with E-state index < -0.39 is 23.7 Å². The Hall–Kier alpha value is -1.32. The Bertz CT molecular complexity index is 735. The van der Waals surface area contributed by atoms with Crippen molar-refractivity contribution in [3.63, 3.8) is 0 Å². The number of carbonyl (C=O) groups excluding carboxylic acids is 3. The number of hydrogen-bond acceptors (Lipinski definition) is 6. The zero-order chi connectivity index (χ0) is 17.9. The van der Waals surface area contributed by atoms with Crippen molar-refractivity contribution in [2.75, 3.05) is 20.3 Å². The Morgan fingerprint density at radius 3 is 2.67 bits per heavy atom. The Morgan fingerprint density at radius 2 is 2.04 bits per heavy atom. The van der Waals surface area contributed by atoms with E-state index in [9.17, 15) is 14.4 Å². The minimum Gasteiger partial charge on any atom is -0.495 e. The van der Waals surface area contributed by atoms with Gasteiger partial charge in [-0.15, -0.1) is 0 Å². The van der Waals surface area contributed by atoms with E-state index in [1.165, 1.54) is 7.11 Å². The molecule has 0 N–H and O–H groups in total. The van der Waals surface area contributed by atoms with Crippen LogP contribution in [0.15, 0.2) is 26.0 Å². The average molecular weight is 479 g/mol. The molecule has 0 radical (unpaired) electrons. The maximum absolute atomic E-state index is 12.4. The second kappa shape index (κ2) is 8.17. The summed E-state index contributed by atoms with van der Waals surface area (Å²) in [4.78, 5) is 37.0. The van der Waals surface area contributed by atoms with E-state index >= 15 is 0 Å². The minimum absolute atomic E-state index is 0.189. The molecule has 0 unspecified atom stereocenters. The SMILES string of the molecule is CCOC(=O)CN1C(=O)S/C(=C/c2cc(Br)cc(Br)c2OC)C1=O. The molecule has 1 aromatic rings. The highest BCUT2D eigenvalue weighted by molar-refractivity contribution is 9.11. The molecule has 24 heavy (non-hydrogen) atoms. The minimum atomic E-state index is -0.621. The summed E-state index contributed by atoms with van der Waals surface area (Å²) in [5.41, 5.74) is 0.625. The highest BCUT2D eigenvalue weighted by Crippen LogP contribution is 2.38. The van der Waals surface area contributed by atoms with Gasteiger partial charge in [-0.05, 0) is 52.8 Å². The molecule has 1 aliphatic heterocycles. The van der Waals surface area contributed by atoms with Gasteiger partial charge in [-0.1, -0.05) is 15.9 Å². The third-order valence-corrected chi connectivity index (χ3v) is 4.95. The van der Waals surface area contributed by atoms with Gasteiger partial charge in [0.1, 0.15) is 12.3 Å². The fourth-order valence-electron chi connectivity index (χ4n) is 2.02. The third kappa shape index (κ3) is 4.20. The van der Waals surface area contributed by atoms with Crippen LogP contribution in [0.5, 0.6) is 5.75 Å². The van der Waals surface area contributed by atoms with Crippen LogP contribution in [0.4, 0.5) is 4.79 Å². The summed E-state index contributed by atoms with van der Waals surface area (Å²) in [6.07, 6.45) is 1.56. The van der Waals surface area contributed by atoms with Gasteiger partial charge in [-0.25, -0.2) is 0 Å². The van der Waals surface area contributed by atoms with Gasteiger partial charge in [0, 0.05) is 10.0 Å². The first-order valence-electron chi connectivity index (χ1n) is 6.81. The molecule has 2 rings (SSSR count). The van der Waals surface area contributed by atoms with Crippen molar-refractivity contribution in [2.45, 2.75) is 6.92 Å². The number of methoxy groups -OCH3 is 1. The number of esters is 1. The lowest BCUT2D eigenvalue weighted by Gasteiger charge is -2.11. The summed E-state index contributed by atoms with van der Waals surface area (Å²) in [6.45, 7) is 1.45. The van der Waals surface area contributed by atoms with Crippen LogP contribution in [-0.4, -0.2) is 42.3 Å². The lowest BCUT2D eigenvalue weighted by Crippen LogP contribution is -2.34. The van der Waals surface area contributed by atoms with E-state index in [4.69, 9.17) is 9.47 Å².